The summed E-state index contributed by atoms with van der Waals surface area (Å²) < 4.78 is 21.8. The zero-order chi connectivity index (χ0) is 20.7. The Bertz CT molecular complexity index is 1200. The van der Waals surface area contributed by atoms with E-state index in [1.165, 1.54) is 12.1 Å². The highest BCUT2D eigenvalue weighted by Crippen LogP contribution is 2.32. The topological polar surface area (TPSA) is 71.9 Å². The van der Waals surface area contributed by atoms with Gasteiger partial charge in [-0.05, 0) is 38.1 Å². The number of fused-ring (bicyclic) bond motifs is 1. The first-order valence-corrected chi connectivity index (χ1v) is 10.2. The van der Waals surface area contributed by atoms with Crippen molar-refractivity contribution in [3.05, 3.63) is 48.5 Å². The fraction of sp³-hybridized carbons (Fsp3) is 0.318. The smallest absolute Gasteiger partial charge is 0.162 e. The lowest BCUT2D eigenvalue weighted by Crippen LogP contribution is -2.44. The van der Waals surface area contributed by atoms with Gasteiger partial charge in [-0.3, -0.25) is 4.68 Å². The van der Waals surface area contributed by atoms with Gasteiger partial charge in [-0.15, -0.1) is 0 Å². The number of morpholine rings is 1. The van der Waals surface area contributed by atoms with E-state index in [1.807, 2.05) is 29.8 Å². The van der Waals surface area contributed by atoms with Gasteiger partial charge in [-0.25, -0.2) is 14.4 Å². The number of rotatable bonds is 4. The number of aromatic amines is 1. The minimum absolute atomic E-state index is 0.185. The lowest BCUT2D eigenvalue weighted by Gasteiger charge is -2.34. The molecular weight excluding hydrogens is 383 g/mol. The summed E-state index contributed by atoms with van der Waals surface area (Å²) in [6.07, 6.45) is 3.57. The van der Waals surface area contributed by atoms with Gasteiger partial charge < -0.3 is 14.6 Å². The van der Waals surface area contributed by atoms with Crippen molar-refractivity contribution in [2.45, 2.75) is 26.4 Å². The molecule has 1 atom stereocenters. The SMILES string of the molecule is CCn1nccc1-c1cc(N2CCOCC2C)nc(-c2cc(F)cc3[nH]ccc23)n1. The van der Waals surface area contributed by atoms with Gasteiger partial charge in [0.1, 0.15) is 11.6 Å². The van der Waals surface area contributed by atoms with Crippen molar-refractivity contribution in [3.8, 4) is 22.8 Å². The van der Waals surface area contributed by atoms with Crippen LogP contribution in [-0.2, 0) is 11.3 Å². The predicted molar refractivity (Wildman–Crippen MR) is 114 cm³/mol. The quantitative estimate of drug-likeness (QED) is 0.557. The Kier molecular flexibility index (Phi) is 4.71. The molecule has 4 aromatic rings. The van der Waals surface area contributed by atoms with Crippen LogP contribution in [0.2, 0.25) is 0 Å². The summed E-state index contributed by atoms with van der Waals surface area (Å²) in [5, 5.41) is 5.27. The van der Waals surface area contributed by atoms with E-state index in [0.29, 0.717) is 24.6 Å². The van der Waals surface area contributed by atoms with E-state index in [4.69, 9.17) is 14.7 Å². The van der Waals surface area contributed by atoms with Crippen molar-refractivity contribution < 1.29 is 9.13 Å². The summed E-state index contributed by atoms with van der Waals surface area (Å²) in [5.74, 6) is 0.977. The van der Waals surface area contributed by atoms with Crippen molar-refractivity contribution in [1.82, 2.24) is 24.7 Å². The zero-order valence-electron chi connectivity index (χ0n) is 17.0. The van der Waals surface area contributed by atoms with Crippen LogP contribution in [0.25, 0.3) is 33.7 Å². The molecule has 8 heteroatoms. The number of halogens is 1. The minimum Gasteiger partial charge on any atom is -0.377 e. The fourth-order valence-electron chi connectivity index (χ4n) is 4.02. The van der Waals surface area contributed by atoms with E-state index in [0.717, 1.165) is 41.2 Å². The second-order valence-electron chi connectivity index (χ2n) is 7.48. The average Bonchev–Trinajstić information content (AvgIpc) is 3.42. The molecule has 1 N–H and O–H groups in total. The number of nitrogens with zero attached hydrogens (tertiary/aromatic N) is 5. The Balaban J connectivity index is 1.73. The molecule has 1 saturated heterocycles. The molecule has 7 nitrogen and oxygen atoms in total. The van der Waals surface area contributed by atoms with E-state index in [2.05, 4.69) is 21.9 Å². The van der Waals surface area contributed by atoms with E-state index >= 15 is 0 Å². The Morgan fingerprint density at radius 3 is 2.97 bits per heavy atom. The van der Waals surface area contributed by atoms with Crippen molar-refractivity contribution in [1.29, 1.82) is 0 Å². The second-order valence-corrected chi connectivity index (χ2v) is 7.48. The molecule has 0 spiro atoms. The number of H-pyrrole nitrogens is 1. The Morgan fingerprint density at radius 2 is 2.13 bits per heavy atom. The Hall–Kier alpha value is -3.26. The van der Waals surface area contributed by atoms with E-state index < -0.39 is 0 Å². The molecule has 1 aromatic carbocycles. The summed E-state index contributed by atoms with van der Waals surface area (Å²) in [7, 11) is 0. The molecule has 1 unspecified atom stereocenters. The van der Waals surface area contributed by atoms with Crippen LogP contribution >= 0.6 is 0 Å². The highest BCUT2D eigenvalue weighted by atomic mass is 19.1. The molecule has 0 saturated carbocycles. The van der Waals surface area contributed by atoms with E-state index in [-0.39, 0.29) is 11.9 Å². The molecule has 0 amide bonds. The summed E-state index contributed by atoms with van der Waals surface area (Å²) >= 11 is 0. The second kappa shape index (κ2) is 7.53. The normalized spacial score (nSPS) is 17.0. The van der Waals surface area contributed by atoms with Crippen molar-refractivity contribution in [3.63, 3.8) is 0 Å². The number of aromatic nitrogens is 5. The van der Waals surface area contributed by atoms with E-state index in [9.17, 15) is 4.39 Å². The number of anilines is 1. The number of aryl methyl sites for hydroxylation is 1. The molecule has 1 aliphatic rings. The monoisotopic (exact) mass is 406 g/mol. The van der Waals surface area contributed by atoms with Crippen molar-refractivity contribution in [2.24, 2.45) is 0 Å². The van der Waals surface area contributed by atoms with Crippen molar-refractivity contribution >= 4 is 16.7 Å². The maximum atomic E-state index is 14.4. The standard InChI is InChI=1S/C22H23FN6O/c1-3-29-20(5-7-25-29)19-12-21(28-8-9-30-13-14(28)2)27-22(26-19)17-10-15(23)11-18-16(17)4-6-24-18/h4-7,10-12,14,24H,3,8-9,13H2,1-2H3. The average molecular weight is 406 g/mol. The highest BCUT2D eigenvalue weighted by Gasteiger charge is 2.23. The third-order valence-electron chi connectivity index (χ3n) is 5.53. The highest BCUT2D eigenvalue weighted by molar-refractivity contribution is 5.93. The number of hydrogen-bond donors (Lipinski definition) is 1. The maximum absolute atomic E-state index is 14.4. The summed E-state index contributed by atoms with van der Waals surface area (Å²) in [4.78, 5) is 15.0. The van der Waals surface area contributed by atoms with Crippen LogP contribution in [0.1, 0.15) is 13.8 Å². The van der Waals surface area contributed by atoms with Crippen molar-refractivity contribution in [2.75, 3.05) is 24.7 Å². The number of nitrogens with one attached hydrogen (secondary N) is 1. The molecule has 0 bridgehead atoms. The van der Waals surface area contributed by atoms with Crippen LogP contribution in [0.4, 0.5) is 10.2 Å². The number of hydrogen-bond acceptors (Lipinski definition) is 5. The van der Waals surface area contributed by atoms with Gasteiger partial charge in [-0.2, -0.15) is 5.10 Å². The molecule has 4 heterocycles. The lowest BCUT2D eigenvalue weighted by molar-refractivity contribution is 0.0985. The maximum Gasteiger partial charge on any atom is 0.162 e. The largest absolute Gasteiger partial charge is 0.377 e. The third kappa shape index (κ3) is 3.23. The molecule has 0 radical (unpaired) electrons. The van der Waals surface area contributed by atoms with Crippen LogP contribution in [0.3, 0.4) is 0 Å². The van der Waals surface area contributed by atoms with Gasteiger partial charge >= 0.3 is 0 Å². The molecule has 1 fully saturated rings. The van der Waals surface area contributed by atoms with Gasteiger partial charge in [0.25, 0.3) is 0 Å². The number of ether oxygens (including phenoxy) is 1. The third-order valence-corrected chi connectivity index (χ3v) is 5.53. The molecule has 30 heavy (non-hydrogen) atoms. The summed E-state index contributed by atoms with van der Waals surface area (Å²) in [5.41, 5.74) is 3.06. The van der Waals surface area contributed by atoms with Gasteiger partial charge in [0.05, 0.1) is 30.6 Å². The minimum atomic E-state index is -0.325. The molecule has 1 aliphatic heterocycles. The van der Waals surface area contributed by atoms with E-state index in [1.54, 1.807) is 12.4 Å². The molecule has 0 aliphatic carbocycles. The first-order chi connectivity index (χ1) is 14.6. The van der Waals surface area contributed by atoms with Gasteiger partial charge in [0.15, 0.2) is 5.82 Å². The van der Waals surface area contributed by atoms with Gasteiger partial charge in [0.2, 0.25) is 0 Å². The zero-order valence-corrected chi connectivity index (χ0v) is 17.0. The molecule has 5 rings (SSSR count). The van der Waals surface area contributed by atoms with Crippen LogP contribution in [0, 0.1) is 5.82 Å². The van der Waals surface area contributed by atoms with Crippen LogP contribution in [0.5, 0.6) is 0 Å². The van der Waals surface area contributed by atoms with Crippen LogP contribution in [0.15, 0.2) is 42.7 Å². The number of benzene rings is 1. The van der Waals surface area contributed by atoms with Gasteiger partial charge in [0, 0.05) is 48.0 Å². The molecule has 3 aromatic heterocycles. The lowest BCUT2D eigenvalue weighted by atomic mass is 10.1. The summed E-state index contributed by atoms with van der Waals surface area (Å²) in [6, 6.07) is 9.03. The predicted octanol–water partition coefficient (Wildman–Crippen LogP) is 3.87. The fourth-order valence-corrected chi connectivity index (χ4v) is 4.02. The first-order valence-electron chi connectivity index (χ1n) is 10.2. The van der Waals surface area contributed by atoms with Gasteiger partial charge in [-0.1, -0.05) is 0 Å². The van der Waals surface area contributed by atoms with Crippen LogP contribution < -0.4 is 4.90 Å². The molecule has 154 valence electrons. The van der Waals surface area contributed by atoms with Crippen LogP contribution in [-0.4, -0.2) is 50.5 Å². The first kappa shape index (κ1) is 18.7. The Morgan fingerprint density at radius 1 is 1.23 bits per heavy atom. The Labute approximate surface area is 173 Å². The molecular formula is C22H23FN6O. The summed E-state index contributed by atoms with van der Waals surface area (Å²) in [6.45, 7) is 6.92.